The van der Waals surface area contributed by atoms with E-state index in [0.29, 0.717) is 24.8 Å². The number of hydrogen-bond donors (Lipinski definition) is 1. The SMILES string of the molecule is COc1cc(C(=O)N2CC3CCCC(N)C3C2)c([N+](=O)[O-])cc1OC. The van der Waals surface area contributed by atoms with E-state index in [1.165, 1.54) is 26.4 Å². The van der Waals surface area contributed by atoms with Crippen LogP contribution in [0.25, 0.3) is 0 Å². The van der Waals surface area contributed by atoms with Gasteiger partial charge in [0.2, 0.25) is 0 Å². The van der Waals surface area contributed by atoms with E-state index in [1.54, 1.807) is 4.90 Å². The lowest BCUT2D eigenvalue weighted by Crippen LogP contribution is -2.38. The molecule has 1 aliphatic carbocycles. The van der Waals surface area contributed by atoms with E-state index in [0.717, 1.165) is 19.3 Å². The Hall–Kier alpha value is -2.35. The van der Waals surface area contributed by atoms with Crippen molar-refractivity contribution in [3.8, 4) is 11.5 Å². The number of ether oxygens (including phenoxy) is 2. The molecule has 0 spiro atoms. The predicted octanol–water partition coefficient (Wildman–Crippen LogP) is 1.81. The predicted molar refractivity (Wildman–Crippen MR) is 90.9 cm³/mol. The summed E-state index contributed by atoms with van der Waals surface area (Å²) in [5, 5.41) is 11.4. The second-order valence-corrected chi connectivity index (χ2v) is 6.71. The lowest BCUT2D eigenvalue weighted by Gasteiger charge is -2.29. The Balaban J connectivity index is 1.92. The van der Waals surface area contributed by atoms with Crippen molar-refractivity contribution in [2.45, 2.75) is 25.3 Å². The van der Waals surface area contributed by atoms with Gasteiger partial charge in [0, 0.05) is 25.2 Å². The van der Waals surface area contributed by atoms with Crippen LogP contribution in [-0.4, -0.2) is 49.1 Å². The fraction of sp³-hybridized carbons (Fsp3) is 0.588. The smallest absolute Gasteiger partial charge is 0.286 e. The number of carbonyl (C=O) groups is 1. The topological polar surface area (TPSA) is 108 Å². The summed E-state index contributed by atoms with van der Waals surface area (Å²) in [5.74, 6) is 0.825. The number of hydrogen-bond acceptors (Lipinski definition) is 6. The van der Waals surface area contributed by atoms with Crippen molar-refractivity contribution in [2.75, 3.05) is 27.3 Å². The van der Waals surface area contributed by atoms with Crippen LogP contribution in [0.1, 0.15) is 29.6 Å². The highest BCUT2D eigenvalue weighted by atomic mass is 16.6. The molecule has 8 nitrogen and oxygen atoms in total. The molecule has 1 aromatic carbocycles. The van der Waals surface area contributed by atoms with Crippen molar-refractivity contribution >= 4 is 11.6 Å². The Morgan fingerprint density at radius 1 is 1.24 bits per heavy atom. The first-order chi connectivity index (χ1) is 12.0. The lowest BCUT2D eigenvalue weighted by atomic mass is 9.78. The molecule has 3 unspecified atom stereocenters. The molecule has 0 radical (unpaired) electrons. The zero-order chi connectivity index (χ0) is 18.1. The van der Waals surface area contributed by atoms with Crippen molar-refractivity contribution < 1.29 is 19.2 Å². The minimum absolute atomic E-state index is 0.0230. The Bertz CT molecular complexity index is 693. The molecule has 1 aromatic rings. The second-order valence-electron chi connectivity index (χ2n) is 6.71. The summed E-state index contributed by atoms with van der Waals surface area (Å²) in [6, 6.07) is 2.72. The summed E-state index contributed by atoms with van der Waals surface area (Å²) in [4.78, 5) is 25.5. The maximum atomic E-state index is 13.0. The third kappa shape index (κ3) is 3.13. The molecule has 1 saturated heterocycles. The molecule has 2 N–H and O–H groups in total. The highest BCUT2D eigenvalue weighted by Gasteiger charge is 2.41. The maximum Gasteiger partial charge on any atom is 0.286 e. The zero-order valence-corrected chi connectivity index (χ0v) is 14.4. The number of amides is 1. The Morgan fingerprint density at radius 2 is 1.92 bits per heavy atom. The summed E-state index contributed by atoms with van der Waals surface area (Å²) < 4.78 is 10.3. The van der Waals surface area contributed by atoms with Crippen LogP contribution in [0, 0.1) is 22.0 Å². The highest BCUT2D eigenvalue weighted by Crippen LogP contribution is 2.39. The first-order valence-corrected chi connectivity index (χ1v) is 8.41. The van der Waals surface area contributed by atoms with Crippen LogP contribution in [0.4, 0.5) is 5.69 Å². The summed E-state index contributed by atoms with van der Waals surface area (Å²) in [7, 11) is 2.83. The van der Waals surface area contributed by atoms with E-state index in [2.05, 4.69) is 0 Å². The minimum Gasteiger partial charge on any atom is -0.493 e. The summed E-state index contributed by atoms with van der Waals surface area (Å²) >= 11 is 0. The van der Waals surface area contributed by atoms with Crippen LogP contribution in [0.5, 0.6) is 11.5 Å². The molecule has 2 fully saturated rings. The van der Waals surface area contributed by atoms with Gasteiger partial charge in [-0.05, 0) is 24.7 Å². The van der Waals surface area contributed by atoms with Crippen LogP contribution in [0.2, 0.25) is 0 Å². The fourth-order valence-corrected chi connectivity index (χ4v) is 4.04. The highest BCUT2D eigenvalue weighted by molar-refractivity contribution is 5.99. The molecule has 1 aliphatic heterocycles. The van der Waals surface area contributed by atoms with E-state index in [9.17, 15) is 14.9 Å². The quantitative estimate of drug-likeness (QED) is 0.656. The van der Waals surface area contributed by atoms with Crippen LogP contribution < -0.4 is 15.2 Å². The first-order valence-electron chi connectivity index (χ1n) is 8.41. The number of carbonyl (C=O) groups excluding carboxylic acids is 1. The van der Waals surface area contributed by atoms with Gasteiger partial charge in [-0.2, -0.15) is 0 Å². The van der Waals surface area contributed by atoms with E-state index >= 15 is 0 Å². The van der Waals surface area contributed by atoms with Gasteiger partial charge in [0.1, 0.15) is 5.56 Å². The van der Waals surface area contributed by atoms with E-state index in [4.69, 9.17) is 15.2 Å². The van der Waals surface area contributed by atoms with Gasteiger partial charge in [-0.3, -0.25) is 14.9 Å². The Labute approximate surface area is 146 Å². The van der Waals surface area contributed by atoms with Crippen molar-refractivity contribution in [3.63, 3.8) is 0 Å². The lowest BCUT2D eigenvalue weighted by molar-refractivity contribution is -0.385. The molecular weight excluding hydrogens is 326 g/mol. The minimum atomic E-state index is -0.565. The Kier molecular flexibility index (Phi) is 4.80. The molecule has 8 heteroatoms. The number of fused-ring (bicyclic) bond motifs is 1. The van der Waals surface area contributed by atoms with Crippen molar-refractivity contribution in [2.24, 2.45) is 17.6 Å². The number of methoxy groups -OCH3 is 2. The van der Waals surface area contributed by atoms with Gasteiger partial charge in [-0.15, -0.1) is 0 Å². The number of nitro benzene ring substituents is 1. The molecule has 1 amide bonds. The third-order valence-electron chi connectivity index (χ3n) is 5.37. The van der Waals surface area contributed by atoms with Crippen LogP contribution in [0.15, 0.2) is 12.1 Å². The number of nitrogens with two attached hydrogens (primary N) is 1. The van der Waals surface area contributed by atoms with Gasteiger partial charge in [-0.1, -0.05) is 6.42 Å². The molecular formula is C17H23N3O5. The van der Waals surface area contributed by atoms with Crippen molar-refractivity contribution in [1.29, 1.82) is 0 Å². The van der Waals surface area contributed by atoms with Crippen molar-refractivity contribution in [1.82, 2.24) is 4.90 Å². The fourth-order valence-electron chi connectivity index (χ4n) is 4.04. The van der Waals surface area contributed by atoms with Gasteiger partial charge in [-0.25, -0.2) is 0 Å². The largest absolute Gasteiger partial charge is 0.493 e. The monoisotopic (exact) mass is 349 g/mol. The molecule has 3 rings (SSSR count). The van der Waals surface area contributed by atoms with Crippen LogP contribution >= 0.6 is 0 Å². The van der Waals surface area contributed by atoms with Crippen LogP contribution in [0.3, 0.4) is 0 Å². The standard InChI is InChI=1S/C17H23N3O5/c1-24-15-6-11(14(20(22)23)7-16(15)25-2)17(21)19-8-10-4-3-5-13(18)12(10)9-19/h6-7,10,12-13H,3-5,8-9,18H2,1-2H3. The number of likely N-dealkylation sites (tertiary alicyclic amines) is 1. The normalized spacial score (nSPS) is 25.4. The molecule has 0 aromatic heterocycles. The molecule has 136 valence electrons. The van der Waals surface area contributed by atoms with Gasteiger partial charge >= 0.3 is 0 Å². The third-order valence-corrected chi connectivity index (χ3v) is 5.37. The number of benzene rings is 1. The van der Waals surface area contributed by atoms with Gasteiger partial charge < -0.3 is 20.1 Å². The number of nitro groups is 1. The summed E-state index contributed by atoms with van der Waals surface area (Å²) in [6.45, 7) is 1.15. The first kappa shape index (κ1) is 17.5. The molecule has 2 aliphatic rings. The van der Waals surface area contributed by atoms with E-state index in [-0.39, 0.29) is 34.9 Å². The molecule has 3 atom stereocenters. The number of rotatable bonds is 4. The average molecular weight is 349 g/mol. The van der Waals surface area contributed by atoms with Crippen LogP contribution in [-0.2, 0) is 0 Å². The van der Waals surface area contributed by atoms with Gasteiger partial charge in [0.25, 0.3) is 11.6 Å². The molecule has 1 saturated carbocycles. The van der Waals surface area contributed by atoms with E-state index in [1.807, 2.05) is 0 Å². The summed E-state index contributed by atoms with van der Waals surface area (Å²) in [6.07, 6.45) is 3.09. The van der Waals surface area contributed by atoms with Gasteiger partial charge in [0.05, 0.1) is 25.2 Å². The molecule has 25 heavy (non-hydrogen) atoms. The molecule has 0 bridgehead atoms. The van der Waals surface area contributed by atoms with Gasteiger partial charge in [0.15, 0.2) is 11.5 Å². The summed E-state index contributed by atoms with van der Waals surface area (Å²) in [5.41, 5.74) is 5.95. The zero-order valence-electron chi connectivity index (χ0n) is 14.4. The van der Waals surface area contributed by atoms with Crippen molar-refractivity contribution in [3.05, 3.63) is 27.8 Å². The molecule has 1 heterocycles. The van der Waals surface area contributed by atoms with E-state index < -0.39 is 4.92 Å². The maximum absolute atomic E-state index is 13.0. The second kappa shape index (κ2) is 6.87. The number of nitrogens with zero attached hydrogens (tertiary/aromatic N) is 2. The average Bonchev–Trinajstić information content (AvgIpc) is 3.05. The Morgan fingerprint density at radius 3 is 2.52 bits per heavy atom.